The van der Waals surface area contributed by atoms with Crippen LogP contribution in [0.4, 0.5) is 36.4 Å². The van der Waals surface area contributed by atoms with Crippen molar-refractivity contribution in [1.29, 1.82) is 0 Å². The van der Waals surface area contributed by atoms with Crippen molar-refractivity contribution in [1.82, 2.24) is 0 Å². The zero-order valence-corrected chi connectivity index (χ0v) is 11.9. The van der Waals surface area contributed by atoms with Crippen LogP contribution in [0, 0.1) is 30.2 Å². The summed E-state index contributed by atoms with van der Waals surface area (Å²) >= 11 is 0. The molecule has 1 N–H and O–H groups in total. The predicted octanol–water partition coefficient (Wildman–Crippen LogP) is 4.82. The normalized spacial score (nSPS) is 11.5. The van der Waals surface area contributed by atoms with E-state index in [1.54, 1.807) is 5.32 Å². The van der Waals surface area contributed by atoms with E-state index in [4.69, 9.17) is 0 Å². The number of carbonyl (C=O) groups excluding carboxylic acids is 1. The summed E-state index contributed by atoms with van der Waals surface area (Å²) in [6, 6.07) is 3.18. The van der Waals surface area contributed by atoms with Gasteiger partial charge in [-0.3, -0.25) is 4.79 Å². The summed E-state index contributed by atoms with van der Waals surface area (Å²) in [5, 5.41) is 1.77. The number of halogens is 7. The molecule has 2 aromatic rings. The molecule has 0 unspecified atom stereocenters. The smallest absolute Gasteiger partial charge is 0.322 e. The van der Waals surface area contributed by atoms with E-state index in [0.717, 1.165) is 19.1 Å². The van der Waals surface area contributed by atoms with Gasteiger partial charge in [-0.05, 0) is 25.1 Å². The van der Waals surface area contributed by atoms with Crippen LogP contribution in [0.1, 0.15) is 21.5 Å². The van der Waals surface area contributed by atoms with Crippen molar-refractivity contribution in [2.45, 2.75) is 13.1 Å². The Balaban J connectivity index is 2.42. The van der Waals surface area contributed by atoms with Gasteiger partial charge in [-0.25, -0.2) is 17.6 Å². The molecule has 0 radical (unpaired) electrons. The van der Waals surface area contributed by atoms with Gasteiger partial charge in [0.1, 0.15) is 5.56 Å². The number of carbonyl (C=O) groups is 1. The first kappa shape index (κ1) is 17.8. The second-order valence-electron chi connectivity index (χ2n) is 4.79. The maximum Gasteiger partial charge on any atom is 0.416 e. The summed E-state index contributed by atoms with van der Waals surface area (Å²) in [6.45, 7) is 0.769. The maximum absolute atomic E-state index is 13.7. The number of amides is 1. The van der Waals surface area contributed by atoms with Gasteiger partial charge < -0.3 is 5.32 Å². The number of hydrogen-bond acceptors (Lipinski definition) is 1. The van der Waals surface area contributed by atoms with Crippen LogP contribution in [-0.2, 0) is 6.18 Å². The molecule has 24 heavy (non-hydrogen) atoms. The van der Waals surface area contributed by atoms with E-state index in [0.29, 0.717) is 12.1 Å². The van der Waals surface area contributed by atoms with E-state index in [1.807, 2.05) is 0 Å². The summed E-state index contributed by atoms with van der Waals surface area (Å²) in [7, 11) is 0. The van der Waals surface area contributed by atoms with Gasteiger partial charge in [-0.15, -0.1) is 0 Å². The van der Waals surface area contributed by atoms with Crippen molar-refractivity contribution in [3.05, 3.63) is 64.2 Å². The van der Waals surface area contributed by atoms with E-state index < -0.39 is 57.7 Å². The van der Waals surface area contributed by atoms with Gasteiger partial charge in [0.15, 0.2) is 23.3 Å². The first-order valence-electron chi connectivity index (χ1n) is 6.35. The zero-order chi connectivity index (χ0) is 18.2. The molecule has 1 amide bonds. The molecule has 128 valence electrons. The molecule has 0 bridgehead atoms. The van der Waals surface area contributed by atoms with E-state index in [-0.39, 0.29) is 0 Å². The molecule has 0 aliphatic heterocycles. The molecule has 0 heterocycles. The summed E-state index contributed by atoms with van der Waals surface area (Å²) in [4.78, 5) is 11.8. The zero-order valence-electron chi connectivity index (χ0n) is 11.9. The van der Waals surface area contributed by atoms with Crippen LogP contribution in [-0.4, -0.2) is 5.91 Å². The van der Waals surface area contributed by atoms with Gasteiger partial charge >= 0.3 is 6.18 Å². The second-order valence-corrected chi connectivity index (χ2v) is 4.79. The van der Waals surface area contributed by atoms with Gasteiger partial charge in [0.25, 0.3) is 5.91 Å². The Morgan fingerprint density at radius 1 is 0.958 bits per heavy atom. The van der Waals surface area contributed by atoms with Crippen LogP contribution in [0.25, 0.3) is 0 Å². The highest BCUT2D eigenvalue weighted by atomic mass is 19.4. The van der Waals surface area contributed by atoms with Crippen molar-refractivity contribution in [3.63, 3.8) is 0 Å². The highest BCUT2D eigenvalue weighted by molar-refractivity contribution is 6.04. The van der Waals surface area contributed by atoms with Gasteiger partial charge in [0.05, 0.1) is 5.56 Å². The fraction of sp³-hybridized carbons (Fsp3) is 0.133. The minimum atomic E-state index is -4.71. The van der Waals surface area contributed by atoms with Crippen molar-refractivity contribution < 1.29 is 35.5 Å². The van der Waals surface area contributed by atoms with Crippen molar-refractivity contribution >= 4 is 11.6 Å². The summed E-state index contributed by atoms with van der Waals surface area (Å²) in [6.07, 6.45) is -4.71. The lowest BCUT2D eigenvalue weighted by Crippen LogP contribution is -2.19. The molecule has 0 saturated heterocycles. The van der Waals surface area contributed by atoms with Crippen molar-refractivity contribution in [2.24, 2.45) is 0 Å². The minimum absolute atomic E-state index is 0.449. The predicted molar refractivity (Wildman–Crippen MR) is 70.4 cm³/mol. The topological polar surface area (TPSA) is 29.1 Å². The Hall–Kier alpha value is -2.58. The Morgan fingerprint density at radius 3 is 2.00 bits per heavy atom. The summed E-state index contributed by atoms with van der Waals surface area (Å²) in [5.41, 5.74) is -4.09. The van der Waals surface area contributed by atoms with Crippen LogP contribution in [0.2, 0.25) is 0 Å². The van der Waals surface area contributed by atoms with Gasteiger partial charge in [0.2, 0.25) is 0 Å². The molecule has 2 rings (SSSR count). The van der Waals surface area contributed by atoms with Crippen LogP contribution in [0.3, 0.4) is 0 Å². The Kier molecular flexibility index (Phi) is 4.54. The van der Waals surface area contributed by atoms with Crippen molar-refractivity contribution in [2.75, 3.05) is 5.32 Å². The quantitative estimate of drug-likeness (QED) is 0.610. The van der Waals surface area contributed by atoms with Crippen LogP contribution in [0.5, 0.6) is 0 Å². The molecule has 0 fully saturated rings. The Bertz CT molecular complexity index is 785. The SMILES string of the molecule is Cc1c(F)c(F)c(C(=O)Nc2cccc(C(F)(F)F)c2)c(F)c1F. The third-order valence-electron chi connectivity index (χ3n) is 3.16. The van der Waals surface area contributed by atoms with E-state index in [1.165, 1.54) is 0 Å². The molecule has 0 aliphatic carbocycles. The molecule has 0 aliphatic rings. The Labute approximate surface area is 130 Å². The molecule has 0 spiro atoms. The Morgan fingerprint density at radius 2 is 1.50 bits per heavy atom. The third-order valence-corrected chi connectivity index (χ3v) is 3.16. The molecule has 2 nitrogen and oxygen atoms in total. The second kappa shape index (κ2) is 6.14. The third kappa shape index (κ3) is 3.19. The average Bonchev–Trinajstić information content (AvgIpc) is 2.50. The largest absolute Gasteiger partial charge is 0.416 e. The number of nitrogens with one attached hydrogen (secondary N) is 1. The lowest BCUT2D eigenvalue weighted by Gasteiger charge is -2.12. The maximum atomic E-state index is 13.7. The number of hydrogen-bond donors (Lipinski definition) is 1. The average molecular weight is 351 g/mol. The molecular weight excluding hydrogens is 343 g/mol. The fourth-order valence-corrected chi connectivity index (χ4v) is 1.91. The van der Waals surface area contributed by atoms with Gasteiger partial charge in [-0.1, -0.05) is 6.07 Å². The van der Waals surface area contributed by atoms with Gasteiger partial charge in [-0.2, -0.15) is 13.2 Å². The minimum Gasteiger partial charge on any atom is -0.322 e. The highest BCUT2D eigenvalue weighted by Gasteiger charge is 2.31. The standard InChI is InChI=1S/C15H8F7NO/c1-6-10(16)12(18)9(13(19)11(6)17)14(24)23-8-4-2-3-7(5-8)15(20,21)22/h2-5H,1H3,(H,23,24). The molecular formula is C15H8F7NO. The molecule has 0 atom stereocenters. The van der Waals surface area contributed by atoms with Crippen LogP contribution >= 0.6 is 0 Å². The number of alkyl halides is 3. The molecule has 0 saturated carbocycles. The molecule has 2 aromatic carbocycles. The highest BCUT2D eigenvalue weighted by Crippen LogP contribution is 2.31. The van der Waals surface area contributed by atoms with E-state index >= 15 is 0 Å². The van der Waals surface area contributed by atoms with Crippen LogP contribution < -0.4 is 5.32 Å². The summed E-state index contributed by atoms with van der Waals surface area (Å²) in [5.74, 6) is -9.01. The number of anilines is 1. The van der Waals surface area contributed by atoms with E-state index in [9.17, 15) is 35.5 Å². The molecule has 0 aromatic heterocycles. The lowest BCUT2D eigenvalue weighted by atomic mass is 10.1. The van der Waals surface area contributed by atoms with Crippen LogP contribution in [0.15, 0.2) is 24.3 Å². The summed E-state index contributed by atoms with van der Waals surface area (Å²) < 4.78 is 92.0. The fourth-order valence-electron chi connectivity index (χ4n) is 1.91. The number of rotatable bonds is 2. The van der Waals surface area contributed by atoms with E-state index in [2.05, 4.69) is 0 Å². The van der Waals surface area contributed by atoms with Crippen molar-refractivity contribution in [3.8, 4) is 0 Å². The first-order valence-corrected chi connectivity index (χ1v) is 6.35. The first-order chi connectivity index (χ1) is 11.0. The molecule has 9 heteroatoms. The van der Waals surface area contributed by atoms with Gasteiger partial charge in [0, 0.05) is 11.3 Å². The lowest BCUT2D eigenvalue weighted by molar-refractivity contribution is -0.137. The number of benzene rings is 2. The monoisotopic (exact) mass is 351 g/mol.